The summed E-state index contributed by atoms with van der Waals surface area (Å²) in [5.41, 5.74) is 0. The molecule has 10 aliphatic rings. The van der Waals surface area contributed by atoms with Crippen molar-refractivity contribution in [3.05, 3.63) is 0 Å². The molecule has 0 radical (unpaired) electrons. The van der Waals surface area contributed by atoms with Gasteiger partial charge in [0.25, 0.3) is 0 Å². The zero-order valence-electron chi connectivity index (χ0n) is 31.6. The third kappa shape index (κ3) is 5.60. The lowest BCUT2D eigenvalue weighted by Crippen LogP contribution is -2.57. The Morgan fingerprint density at radius 3 is 0.958 bits per heavy atom. The summed E-state index contributed by atoms with van der Waals surface area (Å²) in [6.45, 7) is 0. The quantitative estimate of drug-likeness (QED) is 0.283. The smallest absolute Gasteiger partial charge is 0.0315 e. The Labute approximate surface area is 298 Å². The van der Waals surface area contributed by atoms with Crippen molar-refractivity contribution < 1.29 is 0 Å². The molecule has 0 aliphatic heterocycles. The average Bonchev–Trinajstić information content (AvgIpc) is 3.49. The number of fused-ring (bicyclic) bond motifs is 5. The molecule has 10 rings (SSSR count). The summed E-state index contributed by atoms with van der Waals surface area (Å²) in [4.78, 5) is 0. The topological polar surface area (TPSA) is 0 Å². The Morgan fingerprint density at radius 1 is 0.167 bits per heavy atom. The monoisotopic (exact) mass is 655 g/mol. The first-order valence-electron chi connectivity index (χ1n) is 23.8. The summed E-state index contributed by atoms with van der Waals surface area (Å²) in [6, 6.07) is 0. The van der Waals surface area contributed by atoms with Crippen LogP contribution >= 0.6 is 0 Å². The largest absolute Gasteiger partial charge is 0.0533 e. The molecule has 270 valence electrons. The number of hydrogen-bond acceptors (Lipinski definition) is 0. The van der Waals surface area contributed by atoms with E-state index in [-0.39, 0.29) is 0 Å². The summed E-state index contributed by atoms with van der Waals surface area (Å²) < 4.78 is 0. The van der Waals surface area contributed by atoms with Gasteiger partial charge in [0.15, 0.2) is 0 Å². The van der Waals surface area contributed by atoms with Gasteiger partial charge in [0, 0.05) is 0 Å². The van der Waals surface area contributed by atoms with E-state index in [1.807, 2.05) is 0 Å². The van der Waals surface area contributed by atoms with Crippen molar-refractivity contribution in [3.8, 4) is 0 Å². The van der Waals surface area contributed by atoms with Crippen LogP contribution in [0.3, 0.4) is 0 Å². The standard InChI is InChI=1S/C48H78/c1-3-15-31(16-4-1)36-23-9-11-25-38(36)45-42-29-34-19-7-8-20-35(34)30-43(42)46(39-26-12-10-24-37(39)32-17-5-2-6-18-32)48-41-28-14-22-33-21-13-27-40(44(33)41)47(45)48/h31-48H,1-30H2. The SMILES string of the molecule is C1CCC(C2CCCCC2C2C3CC4CCCCC4CC3C(C3CCCCC3C3CCCCC3)C3C4CCCC5CCCC(C54)C23)CC1. The molecule has 0 spiro atoms. The van der Waals surface area contributed by atoms with Crippen LogP contribution in [-0.2, 0) is 0 Å². The van der Waals surface area contributed by atoms with Crippen molar-refractivity contribution in [2.75, 3.05) is 0 Å². The van der Waals surface area contributed by atoms with Crippen LogP contribution < -0.4 is 0 Å². The summed E-state index contributed by atoms with van der Waals surface area (Å²) in [5, 5.41) is 0. The van der Waals surface area contributed by atoms with E-state index < -0.39 is 0 Å². The highest BCUT2D eigenvalue weighted by Crippen LogP contribution is 2.73. The van der Waals surface area contributed by atoms with Crippen molar-refractivity contribution in [1.82, 2.24) is 0 Å². The molecule has 0 aromatic heterocycles. The van der Waals surface area contributed by atoms with E-state index in [1.165, 1.54) is 5.92 Å². The van der Waals surface area contributed by atoms with E-state index in [0.29, 0.717) is 0 Å². The average molecular weight is 655 g/mol. The molecule has 14 unspecified atom stereocenters. The Balaban J connectivity index is 1.10. The van der Waals surface area contributed by atoms with E-state index in [2.05, 4.69) is 0 Å². The fraction of sp³-hybridized carbons (Fsp3) is 1.00. The second-order valence-electron chi connectivity index (χ2n) is 21.5. The molecule has 14 atom stereocenters. The molecule has 0 heterocycles. The molecule has 0 aromatic rings. The highest BCUT2D eigenvalue weighted by atomic mass is 14.7. The van der Waals surface area contributed by atoms with Crippen LogP contribution in [0.25, 0.3) is 0 Å². The van der Waals surface area contributed by atoms with Crippen LogP contribution in [0.4, 0.5) is 0 Å². The molecule has 0 aromatic carbocycles. The second kappa shape index (κ2) is 14.1. The highest BCUT2D eigenvalue weighted by Gasteiger charge is 2.67. The zero-order valence-corrected chi connectivity index (χ0v) is 31.6. The molecule has 10 fully saturated rings. The first-order valence-corrected chi connectivity index (χ1v) is 23.8. The van der Waals surface area contributed by atoms with Gasteiger partial charge in [-0.3, -0.25) is 0 Å². The van der Waals surface area contributed by atoms with Gasteiger partial charge in [-0.15, -0.1) is 0 Å². The highest BCUT2D eigenvalue weighted by molar-refractivity contribution is 5.15. The van der Waals surface area contributed by atoms with Crippen LogP contribution in [0.15, 0.2) is 0 Å². The minimum atomic E-state index is 1.11. The van der Waals surface area contributed by atoms with Crippen LogP contribution in [-0.4, -0.2) is 0 Å². The number of hydrogen-bond donors (Lipinski definition) is 0. The van der Waals surface area contributed by atoms with Gasteiger partial charge < -0.3 is 0 Å². The molecule has 0 nitrogen and oxygen atoms in total. The first kappa shape index (κ1) is 32.6. The van der Waals surface area contributed by atoms with Gasteiger partial charge in [-0.05, 0) is 158 Å². The minimum absolute atomic E-state index is 1.11. The summed E-state index contributed by atoms with van der Waals surface area (Å²) >= 11 is 0. The van der Waals surface area contributed by atoms with E-state index in [9.17, 15) is 0 Å². The molecule has 10 aliphatic carbocycles. The van der Waals surface area contributed by atoms with Gasteiger partial charge in [0.1, 0.15) is 0 Å². The molecule has 0 bridgehead atoms. The maximum absolute atomic E-state index is 1.72. The lowest BCUT2D eigenvalue weighted by atomic mass is 9.42. The molecule has 0 heteroatoms. The van der Waals surface area contributed by atoms with Gasteiger partial charge >= 0.3 is 0 Å². The van der Waals surface area contributed by atoms with Crippen molar-refractivity contribution in [2.24, 2.45) is 107 Å². The maximum Gasteiger partial charge on any atom is -0.0315 e. The summed E-state index contributed by atoms with van der Waals surface area (Å²) in [7, 11) is 0. The van der Waals surface area contributed by atoms with Crippen molar-refractivity contribution >= 4 is 0 Å². The first-order chi connectivity index (χ1) is 23.8. The Bertz CT molecular complexity index is 980. The lowest BCUT2D eigenvalue weighted by Gasteiger charge is -2.63. The fourth-order valence-electron chi connectivity index (χ4n) is 19.0. The molecule has 0 saturated heterocycles. The molecule has 48 heavy (non-hydrogen) atoms. The Morgan fingerprint density at radius 2 is 0.500 bits per heavy atom. The van der Waals surface area contributed by atoms with Crippen molar-refractivity contribution in [2.45, 2.75) is 193 Å². The van der Waals surface area contributed by atoms with Gasteiger partial charge in [-0.25, -0.2) is 0 Å². The fourth-order valence-corrected chi connectivity index (χ4v) is 19.0. The van der Waals surface area contributed by atoms with Crippen molar-refractivity contribution in [1.29, 1.82) is 0 Å². The Hall–Kier alpha value is 0. The zero-order chi connectivity index (χ0) is 31.6. The summed E-state index contributed by atoms with van der Waals surface area (Å²) in [6.07, 6.45) is 48.5. The predicted molar refractivity (Wildman–Crippen MR) is 201 cm³/mol. The van der Waals surface area contributed by atoms with E-state index >= 15 is 0 Å². The molecule has 0 N–H and O–H groups in total. The van der Waals surface area contributed by atoms with Crippen LogP contribution in [0.5, 0.6) is 0 Å². The third-order valence-corrected chi connectivity index (χ3v) is 20.1. The van der Waals surface area contributed by atoms with Gasteiger partial charge in [-0.2, -0.15) is 0 Å². The van der Waals surface area contributed by atoms with E-state index in [0.717, 1.165) is 101 Å². The lowest BCUT2D eigenvalue weighted by molar-refractivity contribution is -0.150. The molecular formula is C48H78. The second-order valence-corrected chi connectivity index (χ2v) is 21.5. The molecule has 10 saturated carbocycles. The predicted octanol–water partition coefficient (Wildman–Crippen LogP) is 13.9. The third-order valence-electron chi connectivity index (χ3n) is 20.1. The van der Waals surface area contributed by atoms with Crippen molar-refractivity contribution in [3.63, 3.8) is 0 Å². The summed E-state index contributed by atoms with van der Waals surface area (Å²) in [5.74, 6) is 20.5. The van der Waals surface area contributed by atoms with Gasteiger partial charge in [-0.1, -0.05) is 141 Å². The molecular weight excluding hydrogens is 577 g/mol. The van der Waals surface area contributed by atoms with Crippen LogP contribution in [0.2, 0.25) is 0 Å². The normalized spacial score (nSPS) is 53.2. The minimum Gasteiger partial charge on any atom is -0.0533 e. The van der Waals surface area contributed by atoms with Gasteiger partial charge in [0.05, 0.1) is 0 Å². The maximum atomic E-state index is 1.72. The Kier molecular flexibility index (Phi) is 9.58. The van der Waals surface area contributed by atoms with Gasteiger partial charge in [0.2, 0.25) is 0 Å². The van der Waals surface area contributed by atoms with E-state index in [4.69, 9.17) is 0 Å². The van der Waals surface area contributed by atoms with Crippen LogP contribution in [0.1, 0.15) is 193 Å². The number of rotatable bonds is 4. The van der Waals surface area contributed by atoms with E-state index in [1.54, 1.807) is 193 Å². The molecule has 0 amide bonds. The van der Waals surface area contributed by atoms with Crippen LogP contribution in [0, 0.1) is 107 Å².